The van der Waals surface area contributed by atoms with Crippen molar-refractivity contribution in [1.82, 2.24) is 15.1 Å². The molecule has 2 aliphatic heterocycles. The standard InChI is InChI=1S/C19H28FN3O2/c1-14-11-17(20)4-3-16(14)5-6-21-19(24)23-12-15(2)18(13-23)22-7-9-25-10-8-22/h3-4,11,15,18H,5-10,12-13H2,1-2H3,(H,21,24)/t15-,18-/m0/s1. The molecule has 1 aromatic carbocycles. The van der Waals surface area contributed by atoms with Crippen molar-refractivity contribution in [2.75, 3.05) is 45.9 Å². The fourth-order valence-corrected chi connectivity index (χ4v) is 3.86. The molecule has 2 atom stereocenters. The van der Waals surface area contributed by atoms with Crippen LogP contribution >= 0.6 is 0 Å². The van der Waals surface area contributed by atoms with Gasteiger partial charge in [0.25, 0.3) is 0 Å². The van der Waals surface area contributed by atoms with Crippen molar-refractivity contribution < 1.29 is 13.9 Å². The van der Waals surface area contributed by atoms with Crippen LogP contribution in [0.25, 0.3) is 0 Å². The predicted molar refractivity (Wildman–Crippen MR) is 95.2 cm³/mol. The molecule has 2 saturated heterocycles. The van der Waals surface area contributed by atoms with Crippen LogP contribution in [0.5, 0.6) is 0 Å². The van der Waals surface area contributed by atoms with E-state index in [2.05, 4.69) is 17.1 Å². The van der Waals surface area contributed by atoms with Crippen molar-refractivity contribution >= 4 is 6.03 Å². The molecule has 6 heteroatoms. The summed E-state index contributed by atoms with van der Waals surface area (Å²) < 4.78 is 18.6. The average Bonchev–Trinajstić information content (AvgIpc) is 2.99. The Hall–Kier alpha value is -1.66. The first kappa shape index (κ1) is 18.1. The molecule has 5 nitrogen and oxygen atoms in total. The largest absolute Gasteiger partial charge is 0.379 e. The van der Waals surface area contributed by atoms with Gasteiger partial charge in [0.05, 0.1) is 13.2 Å². The number of amides is 2. The molecule has 2 amide bonds. The normalized spacial score (nSPS) is 24.5. The highest BCUT2D eigenvalue weighted by atomic mass is 19.1. The fraction of sp³-hybridized carbons (Fsp3) is 0.632. The Morgan fingerprint density at radius 1 is 1.32 bits per heavy atom. The first-order valence-electron chi connectivity index (χ1n) is 9.14. The van der Waals surface area contributed by atoms with E-state index >= 15 is 0 Å². The molecule has 0 aromatic heterocycles. The molecule has 0 spiro atoms. The minimum Gasteiger partial charge on any atom is -0.379 e. The number of carbonyl (C=O) groups excluding carboxylic acids is 1. The van der Waals surface area contributed by atoms with Gasteiger partial charge in [-0.2, -0.15) is 0 Å². The molecule has 2 fully saturated rings. The van der Waals surface area contributed by atoms with Crippen LogP contribution in [0.2, 0.25) is 0 Å². The molecule has 138 valence electrons. The maximum Gasteiger partial charge on any atom is 0.317 e. The Balaban J connectivity index is 1.47. The summed E-state index contributed by atoms with van der Waals surface area (Å²) in [5, 5.41) is 3.01. The van der Waals surface area contributed by atoms with Gasteiger partial charge in [-0.25, -0.2) is 9.18 Å². The van der Waals surface area contributed by atoms with E-state index in [1.807, 2.05) is 11.8 Å². The molecule has 0 radical (unpaired) electrons. The number of ether oxygens (including phenoxy) is 1. The maximum absolute atomic E-state index is 13.1. The second-order valence-electron chi connectivity index (χ2n) is 7.15. The number of halogens is 1. The molecular weight excluding hydrogens is 321 g/mol. The van der Waals surface area contributed by atoms with Crippen LogP contribution in [-0.4, -0.2) is 67.8 Å². The monoisotopic (exact) mass is 349 g/mol. The minimum atomic E-state index is -0.217. The zero-order valence-electron chi connectivity index (χ0n) is 15.1. The smallest absolute Gasteiger partial charge is 0.317 e. The molecule has 1 aromatic rings. The molecule has 2 heterocycles. The van der Waals surface area contributed by atoms with Crippen LogP contribution in [-0.2, 0) is 11.2 Å². The number of morpholine rings is 1. The van der Waals surface area contributed by atoms with Gasteiger partial charge in [0.1, 0.15) is 5.82 Å². The average molecular weight is 349 g/mol. The van der Waals surface area contributed by atoms with Crippen molar-refractivity contribution in [1.29, 1.82) is 0 Å². The van der Waals surface area contributed by atoms with Crippen molar-refractivity contribution in [3.8, 4) is 0 Å². The third-order valence-corrected chi connectivity index (χ3v) is 5.35. The van der Waals surface area contributed by atoms with E-state index in [4.69, 9.17) is 4.74 Å². The van der Waals surface area contributed by atoms with Gasteiger partial charge in [-0.3, -0.25) is 4.90 Å². The molecule has 0 bridgehead atoms. The zero-order chi connectivity index (χ0) is 17.8. The maximum atomic E-state index is 13.1. The van der Waals surface area contributed by atoms with Gasteiger partial charge in [0, 0.05) is 38.8 Å². The number of urea groups is 1. The molecule has 0 aliphatic carbocycles. The van der Waals surface area contributed by atoms with E-state index in [0.717, 1.165) is 50.5 Å². The van der Waals surface area contributed by atoms with Crippen molar-refractivity contribution in [3.63, 3.8) is 0 Å². The summed E-state index contributed by atoms with van der Waals surface area (Å²) in [5.41, 5.74) is 2.00. The minimum absolute atomic E-state index is 0.00220. The van der Waals surface area contributed by atoms with E-state index < -0.39 is 0 Å². The van der Waals surface area contributed by atoms with Crippen LogP contribution in [0.1, 0.15) is 18.1 Å². The van der Waals surface area contributed by atoms with Gasteiger partial charge in [-0.05, 0) is 42.5 Å². The fourth-order valence-electron chi connectivity index (χ4n) is 3.86. The summed E-state index contributed by atoms with van der Waals surface area (Å²) in [7, 11) is 0. The van der Waals surface area contributed by atoms with Gasteiger partial charge < -0.3 is 15.0 Å². The summed E-state index contributed by atoms with van der Waals surface area (Å²) in [5.74, 6) is 0.258. The third kappa shape index (κ3) is 4.50. The lowest BCUT2D eigenvalue weighted by Crippen LogP contribution is -2.47. The van der Waals surface area contributed by atoms with E-state index in [1.165, 1.54) is 12.1 Å². The predicted octanol–water partition coefficient (Wildman–Crippen LogP) is 2.04. The highest BCUT2D eigenvalue weighted by Gasteiger charge is 2.36. The Bertz CT molecular complexity index is 604. The van der Waals surface area contributed by atoms with Crippen LogP contribution in [0.15, 0.2) is 18.2 Å². The van der Waals surface area contributed by atoms with Crippen molar-refractivity contribution in [3.05, 3.63) is 35.1 Å². The molecule has 0 saturated carbocycles. The molecule has 25 heavy (non-hydrogen) atoms. The van der Waals surface area contributed by atoms with Crippen molar-refractivity contribution in [2.24, 2.45) is 5.92 Å². The number of aryl methyl sites for hydroxylation is 1. The van der Waals surface area contributed by atoms with Gasteiger partial charge in [0.2, 0.25) is 0 Å². The van der Waals surface area contributed by atoms with Crippen LogP contribution in [0.3, 0.4) is 0 Å². The highest BCUT2D eigenvalue weighted by Crippen LogP contribution is 2.22. The Morgan fingerprint density at radius 3 is 2.80 bits per heavy atom. The topological polar surface area (TPSA) is 44.8 Å². The molecule has 1 N–H and O–H groups in total. The number of hydrogen-bond acceptors (Lipinski definition) is 3. The number of benzene rings is 1. The third-order valence-electron chi connectivity index (χ3n) is 5.35. The zero-order valence-corrected chi connectivity index (χ0v) is 15.1. The quantitative estimate of drug-likeness (QED) is 0.905. The van der Waals surface area contributed by atoms with Crippen LogP contribution in [0, 0.1) is 18.7 Å². The molecule has 0 unspecified atom stereocenters. The number of carbonyl (C=O) groups is 1. The number of nitrogens with zero attached hydrogens (tertiary/aromatic N) is 2. The number of rotatable bonds is 4. The Morgan fingerprint density at radius 2 is 2.08 bits per heavy atom. The van der Waals surface area contributed by atoms with Crippen LogP contribution in [0.4, 0.5) is 9.18 Å². The number of likely N-dealkylation sites (tertiary alicyclic amines) is 1. The summed E-state index contributed by atoms with van der Waals surface area (Å²) in [4.78, 5) is 16.8. The summed E-state index contributed by atoms with van der Waals surface area (Å²) in [6, 6.07) is 5.23. The van der Waals surface area contributed by atoms with E-state index in [-0.39, 0.29) is 11.8 Å². The second-order valence-corrected chi connectivity index (χ2v) is 7.15. The first-order chi connectivity index (χ1) is 12.0. The van der Waals surface area contributed by atoms with E-state index in [0.29, 0.717) is 24.9 Å². The SMILES string of the molecule is Cc1cc(F)ccc1CCNC(=O)N1C[C@H](C)[C@@H](N2CCOCC2)C1. The number of hydrogen-bond donors (Lipinski definition) is 1. The number of nitrogens with one attached hydrogen (secondary N) is 1. The molecule has 2 aliphatic rings. The Kier molecular flexibility index (Phi) is 5.91. The van der Waals surface area contributed by atoms with Gasteiger partial charge >= 0.3 is 6.03 Å². The lowest BCUT2D eigenvalue weighted by atomic mass is 10.0. The Labute approximate surface area is 149 Å². The first-order valence-corrected chi connectivity index (χ1v) is 9.14. The lowest BCUT2D eigenvalue weighted by Gasteiger charge is -2.33. The highest BCUT2D eigenvalue weighted by molar-refractivity contribution is 5.74. The van der Waals surface area contributed by atoms with E-state index in [9.17, 15) is 9.18 Å². The summed E-state index contributed by atoms with van der Waals surface area (Å²) in [6.07, 6.45) is 0.716. The summed E-state index contributed by atoms with van der Waals surface area (Å²) >= 11 is 0. The molecular formula is C19H28FN3O2. The van der Waals surface area contributed by atoms with Gasteiger partial charge in [0.15, 0.2) is 0 Å². The van der Waals surface area contributed by atoms with Gasteiger partial charge in [-0.1, -0.05) is 13.0 Å². The van der Waals surface area contributed by atoms with E-state index in [1.54, 1.807) is 6.07 Å². The van der Waals surface area contributed by atoms with Gasteiger partial charge in [-0.15, -0.1) is 0 Å². The second kappa shape index (κ2) is 8.15. The lowest BCUT2D eigenvalue weighted by molar-refractivity contribution is 0.0123. The van der Waals surface area contributed by atoms with Crippen LogP contribution < -0.4 is 5.32 Å². The van der Waals surface area contributed by atoms with Crippen molar-refractivity contribution in [2.45, 2.75) is 26.3 Å². The molecule has 3 rings (SSSR count). The summed E-state index contributed by atoms with van der Waals surface area (Å²) in [6.45, 7) is 9.73.